The van der Waals surface area contributed by atoms with Crippen LogP contribution in [0.5, 0.6) is 0 Å². The Morgan fingerprint density at radius 3 is 2.33 bits per heavy atom. The quantitative estimate of drug-likeness (QED) is 0.496. The Hall–Kier alpha value is -4.33. The molecule has 166 valence electrons. The lowest BCUT2D eigenvalue weighted by Crippen LogP contribution is -2.46. The van der Waals surface area contributed by atoms with Crippen molar-refractivity contribution in [2.45, 2.75) is 20.0 Å². The van der Waals surface area contributed by atoms with E-state index in [1.54, 1.807) is 30.3 Å². The number of benzene rings is 3. The number of nitrogens with zero attached hydrogens (tertiary/aromatic N) is 3. The van der Waals surface area contributed by atoms with Crippen molar-refractivity contribution in [3.8, 4) is 5.69 Å². The normalized spacial score (nSPS) is 10.7. The van der Waals surface area contributed by atoms with Crippen molar-refractivity contribution in [1.29, 1.82) is 0 Å². The van der Waals surface area contributed by atoms with Gasteiger partial charge >= 0.3 is 5.69 Å². The van der Waals surface area contributed by atoms with Crippen LogP contribution in [-0.2, 0) is 13.1 Å². The number of aryl methyl sites for hydroxylation is 1. The largest absolute Gasteiger partial charge is 0.352 e. The maximum atomic E-state index is 13.7. The maximum Gasteiger partial charge on any atom is 0.352 e. The monoisotopic (exact) mass is 444 g/mol. The van der Waals surface area contributed by atoms with Gasteiger partial charge in [0.25, 0.3) is 11.5 Å². The predicted molar refractivity (Wildman–Crippen MR) is 122 cm³/mol. The van der Waals surface area contributed by atoms with Gasteiger partial charge < -0.3 is 5.32 Å². The van der Waals surface area contributed by atoms with Gasteiger partial charge in [0.1, 0.15) is 5.82 Å². The van der Waals surface area contributed by atoms with Gasteiger partial charge in [-0.25, -0.2) is 9.18 Å². The van der Waals surface area contributed by atoms with Crippen molar-refractivity contribution in [3.63, 3.8) is 0 Å². The number of halogens is 1. The molecule has 0 unspecified atom stereocenters. The molecule has 3 aromatic carbocycles. The molecule has 0 saturated heterocycles. The summed E-state index contributed by atoms with van der Waals surface area (Å²) in [5.74, 6) is -1.20. The van der Waals surface area contributed by atoms with Crippen LogP contribution in [0.4, 0.5) is 4.39 Å². The van der Waals surface area contributed by atoms with E-state index in [9.17, 15) is 18.8 Å². The Kier molecular flexibility index (Phi) is 6.26. The number of rotatable bonds is 6. The molecule has 0 fully saturated rings. The molecule has 1 aromatic heterocycles. The third-order valence-electron chi connectivity index (χ3n) is 5.08. The Balaban J connectivity index is 1.78. The highest BCUT2D eigenvalue weighted by atomic mass is 19.1. The van der Waals surface area contributed by atoms with E-state index in [1.807, 2.05) is 37.3 Å². The minimum absolute atomic E-state index is 0.189. The molecule has 4 aromatic rings. The third kappa shape index (κ3) is 4.95. The predicted octanol–water partition coefficient (Wildman–Crippen LogP) is 2.82. The van der Waals surface area contributed by atoms with Crippen molar-refractivity contribution in [1.82, 2.24) is 19.7 Å². The highest BCUT2D eigenvalue weighted by Gasteiger charge is 2.20. The Morgan fingerprint density at radius 1 is 0.939 bits per heavy atom. The summed E-state index contributed by atoms with van der Waals surface area (Å²) in [6.07, 6.45) is 0. The van der Waals surface area contributed by atoms with Gasteiger partial charge in [0, 0.05) is 6.54 Å². The van der Waals surface area contributed by atoms with Crippen LogP contribution in [0.3, 0.4) is 0 Å². The lowest BCUT2D eigenvalue weighted by atomic mass is 10.2. The van der Waals surface area contributed by atoms with Gasteiger partial charge in [-0.3, -0.25) is 14.2 Å². The average Bonchev–Trinajstić information content (AvgIpc) is 2.82. The topological polar surface area (TPSA) is 86.0 Å². The number of aromatic nitrogens is 3. The fourth-order valence-corrected chi connectivity index (χ4v) is 3.33. The van der Waals surface area contributed by atoms with Gasteiger partial charge in [-0.15, -0.1) is 0 Å². The molecule has 0 saturated carbocycles. The summed E-state index contributed by atoms with van der Waals surface area (Å²) in [6, 6.07) is 21.7. The summed E-state index contributed by atoms with van der Waals surface area (Å²) in [4.78, 5) is 39.1. The maximum absolute atomic E-state index is 13.7. The highest BCUT2D eigenvalue weighted by molar-refractivity contribution is 5.91. The molecule has 0 aliphatic carbocycles. The molecule has 1 heterocycles. The molecule has 0 aliphatic heterocycles. The molecule has 0 spiro atoms. The van der Waals surface area contributed by atoms with E-state index in [-0.39, 0.29) is 13.1 Å². The number of nitrogens with one attached hydrogen (secondary N) is 1. The van der Waals surface area contributed by atoms with E-state index in [0.29, 0.717) is 11.3 Å². The van der Waals surface area contributed by atoms with Crippen LogP contribution in [0.1, 0.15) is 27.2 Å². The van der Waals surface area contributed by atoms with E-state index in [2.05, 4.69) is 10.4 Å². The summed E-state index contributed by atoms with van der Waals surface area (Å²) < 4.78 is 15.6. The zero-order valence-electron chi connectivity index (χ0n) is 17.9. The number of carbonyl (C=O) groups is 1. The van der Waals surface area contributed by atoms with Crippen molar-refractivity contribution in [3.05, 3.63) is 128 Å². The van der Waals surface area contributed by atoms with E-state index in [4.69, 9.17) is 0 Å². The second kappa shape index (κ2) is 9.44. The van der Waals surface area contributed by atoms with E-state index in [0.717, 1.165) is 20.4 Å². The van der Waals surface area contributed by atoms with Crippen LogP contribution < -0.4 is 16.6 Å². The van der Waals surface area contributed by atoms with Crippen molar-refractivity contribution >= 4 is 5.91 Å². The Morgan fingerprint density at radius 2 is 1.64 bits per heavy atom. The molecular formula is C25H21FN4O3. The van der Waals surface area contributed by atoms with Crippen molar-refractivity contribution in [2.75, 3.05) is 0 Å². The van der Waals surface area contributed by atoms with E-state index >= 15 is 0 Å². The average molecular weight is 444 g/mol. The molecule has 1 N–H and O–H groups in total. The van der Waals surface area contributed by atoms with E-state index < -0.39 is 28.7 Å². The van der Waals surface area contributed by atoms with E-state index in [1.165, 1.54) is 18.2 Å². The molecule has 0 aliphatic rings. The lowest BCUT2D eigenvalue weighted by molar-refractivity contribution is 0.0941. The van der Waals surface area contributed by atoms with Crippen LogP contribution in [0.25, 0.3) is 5.69 Å². The second-order valence-electron chi connectivity index (χ2n) is 7.57. The fourth-order valence-electron chi connectivity index (χ4n) is 3.33. The lowest BCUT2D eigenvalue weighted by Gasteiger charge is -2.13. The van der Waals surface area contributed by atoms with Gasteiger partial charge in [0.15, 0.2) is 0 Å². The standard InChI is InChI=1S/C25H21FN4O3/c1-17-10-12-21(13-11-17)30-25(33)29(16-19-8-5-9-20(26)14-19)24(32)22(28-30)23(31)27-15-18-6-3-2-4-7-18/h2-14H,15-16H2,1H3,(H,27,31). The molecular weight excluding hydrogens is 423 g/mol. The van der Waals surface area contributed by atoms with Gasteiger partial charge in [-0.1, -0.05) is 60.2 Å². The number of carbonyl (C=O) groups excluding carboxylic acids is 1. The smallest absolute Gasteiger partial charge is 0.346 e. The summed E-state index contributed by atoms with van der Waals surface area (Å²) in [5.41, 5.74) is 0.620. The number of hydrogen-bond acceptors (Lipinski definition) is 4. The molecule has 33 heavy (non-hydrogen) atoms. The zero-order valence-corrected chi connectivity index (χ0v) is 17.9. The summed E-state index contributed by atoms with van der Waals surface area (Å²) in [7, 11) is 0. The summed E-state index contributed by atoms with van der Waals surface area (Å²) in [6.45, 7) is 1.88. The minimum Gasteiger partial charge on any atom is -0.346 e. The summed E-state index contributed by atoms with van der Waals surface area (Å²) in [5, 5.41) is 6.76. The van der Waals surface area contributed by atoms with Gasteiger partial charge in [0.2, 0.25) is 5.69 Å². The Labute approximate surface area is 188 Å². The summed E-state index contributed by atoms with van der Waals surface area (Å²) >= 11 is 0. The van der Waals surface area contributed by atoms with Crippen LogP contribution in [0.15, 0.2) is 88.5 Å². The molecule has 0 radical (unpaired) electrons. The molecule has 0 atom stereocenters. The Bertz CT molecular complexity index is 1410. The van der Waals surface area contributed by atoms with Crippen LogP contribution in [-0.4, -0.2) is 20.3 Å². The molecule has 8 heteroatoms. The van der Waals surface area contributed by atoms with Gasteiger partial charge in [0.05, 0.1) is 12.2 Å². The molecule has 0 bridgehead atoms. The van der Waals surface area contributed by atoms with Crippen LogP contribution in [0.2, 0.25) is 0 Å². The van der Waals surface area contributed by atoms with Gasteiger partial charge in [-0.05, 0) is 42.3 Å². The highest BCUT2D eigenvalue weighted by Crippen LogP contribution is 2.07. The van der Waals surface area contributed by atoms with Gasteiger partial charge in [-0.2, -0.15) is 9.78 Å². The fraction of sp³-hybridized carbons (Fsp3) is 0.120. The van der Waals surface area contributed by atoms with Crippen LogP contribution in [0, 0.1) is 12.7 Å². The zero-order chi connectivity index (χ0) is 23.4. The number of amides is 1. The third-order valence-corrected chi connectivity index (χ3v) is 5.08. The molecule has 4 rings (SSSR count). The second-order valence-corrected chi connectivity index (χ2v) is 7.57. The first-order valence-electron chi connectivity index (χ1n) is 10.3. The first kappa shape index (κ1) is 21.9. The van der Waals surface area contributed by atoms with Crippen molar-refractivity contribution < 1.29 is 9.18 Å². The first-order chi connectivity index (χ1) is 15.9. The van der Waals surface area contributed by atoms with Crippen LogP contribution >= 0.6 is 0 Å². The number of hydrogen-bond donors (Lipinski definition) is 1. The minimum atomic E-state index is -0.849. The molecule has 7 nitrogen and oxygen atoms in total. The molecule has 1 amide bonds. The van der Waals surface area contributed by atoms with Crippen molar-refractivity contribution in [2.24, 2.45) is 0 Å². The SMILES string of the molecule is Cc1ccc(-n2nc(C(=O)NCc3ccccc3)c(=O)n(Cc3cccc(F)c3)c2=O)cc1. The first-order valence-corrected chi connectivity index (χ1v) is 10.3.